The van der Waals surface area contributed by atoms with Gasteiger partial charge in [-0.2, -0.15) is 4.31 Å². The molecule has 0 unspecified atom stereocenters. The van der Waals surface area contributed by atoms with Crippen molar-refractivity contribution in [1.82, 2.24) is 9.29 Å². The molecule has 1 saturated carbocycles. The Labute approximate surface area is 230 Å². The molecule has 2 aromatic carbocycles. The zero-order valence-electron chi connectivity index (χ0n) is 21.1. The number of hydrogen-bond donors (Lipinski definition) is 0. The van der Waals surface area contributed by atoms with E-state index in [1.54, 1.807) is 56.8 Å². The normalized spacial score (nSPS) is 14.7. The van der Waals surface area contributed by atoms with Gasteiger partial charge >= 0.3 is 0 Å². The lowest BCUT2D eigenvalue weighted by molar-refractivity contribution is 0.0983. The molecule has 0 spiro atoms. The van der Waals surface area contributed by atoms with Crippen molar-refractivity contribution < 1.29 is 22.4 Å². The maximum atomic E-state index is 13.8. The van der Waals surface area contributed by atoms with Crippen molar-refractivity contribution in [2.24, 2.45) is 0 Å². The molecule has 0 bridgehead atoms. The van der Waals surface area contributed by atoms with Gasteiger partial charge in [-0.05, 0) is 61.4 Å². The van der Waals surface area contributed by atoms with E-state index >= 15 is 0 Å². The third kappa shape index (κ3) is 5.18. The summed E-state index contributed by atoms with van der Waals surface area (Å²) in [6, 6.07) is 13.1. The molecule has 4 aromatic rings. The quantitative estimate of drug-likeness (QED) is 0.244. The fourth-order valence-electron chi connectivity index (χ4n) is 4.74. The average molecular weight is 574 g/mol. The fraction of sp³-hybridized carbons (Fsp3) is 0.333. The van der Waals surface area contributed by atoms with Crippen molar-refractivity contribution in [2.75, 3.05) is 19.1 Å². The molecule has 11 heteroatoms. The molecule has 0 N–H and O–H groups in total. The molecule has 5 rings (SSSR count). The third-order valence-electron chi connectivity index (χ3n) is 6.90. The number of furan rings is 1. The summed E-state index contributed by atoms with van der Waals surface area (Å²) in [7, 11) is -0.478. The van der Waals surface area contributed by atoms with E-state index in [2.05, 4.69) is 4.98 Å². The van der Waals surface area contributed by atoms with E-state index in [0.29, 0.717) is 37.4 Å². The van der Waals surface area contributed by atoms with Crippen LogP contribution in [0.15, 0.2) is 64.1 Å². The van der Waals surface area contributed by atoms with Crippen molar-refractivity contribution in [3.05, 3.63) is 71.1 Å². The molecule has 200 valence electrons. The maximum Gasteiger partial charge on any atom is 0.260 e. The maximum absolute atomic E-state index is 13.8. The first kappa shape index (κ1) is 26.7. The Bertz CT molecular complexity index is 1530. The van der Waals surface area contributed by atoms with Gasteiger partial charge in [0.15, 0.2) is 5.13 Å². The van der Waals surface area contributed by atoms with Crippen LogP contribution in [0.3, 0.4) is 0 Å². The van der Waals surface area contributed by atoms with E-state index in [1.165, 1.54) is 32.7 Å². The Morgan fingerprint density at radius 1 is 1.13 bits per heavy atom. The highest BCUT2D eigenvalue weighted by Gasteiger charge is 2.30. The molecule has 2 heterocycles. The number of sulfonamides is 1. The van der Waals surface area contributed by atoms with Gasteiger partial charge in [-0.25, -0.2) is 13.4 Å². The van der Waals surface area contributed by atoms with Crippen LogP contribution in [-0.4, -0.2) is 43.8 Å². The van der Waals surface area contributed by atoms with Crippen molar-refractivity contribution in [1.29, 1.82) is 0 Å². The number of benzene rings is 2. The van der Waals surface area contributed by atoms with Crippen LogP contribution in [0.4, 0.5) is 5.13 Å². The number of hydrogen-bond acceptors (Lipinski definition) is 7. The highest BCUT2D eigenvalue weighted by molar-refractivity contribution is 7.89. The SMILES string of the molecule is COc1ccc(Cl)c2sc(N(Cc3ccco3)C(=O)c3ccc(S(=O)(=O)N(C)C4CCCCC4)cc3)nc12. The monoisotopic (exact) mass is 573 g/mol. The van der Waals surface area contributed by atoms with Crippen molar-refractivity contribution in [2.45, 2.75) is 49.6 Å². The summed E-state index contributed by atoms with van der Waals surface area (Å²) in [6.07, 6.45) is 6.48. The summed E-state index contributed by atoms with van der Waals surface area (Å²) in [4.78, 5) is 20.1. The predicted molar refractivity (Wildman–Crippen MR) is 149 cm³/mol. The number of rotatable bonds is 8. The molecule has 0 aliphatic heterocycles. The number of carbonyl (C=O) groups is 1. The third-order valence-corrected chi connectivity index (χ3v) is 10.4. The molecule has 2 aromatic heterocycles. The molecule has 8 nitrogen and oxygen atoms in total. The summed E-state index contributed by atoms with van der Waals surface area (Å²) in [5, 5.41) is 0.924. The van der Waals surface area contributed by atoms with E-state index in [1.807, 2.05) is 0 Å². The first-order valence-corrected chi connectivity index (χ1v) is 15.0. The summed E-state index contributed by atoms with van der Waals surface area (Å²) in [6.45, 7) is 0.135. The minimum atomic E-state index is -3.67. The van der Waals surface area contributed by atoms with Crippen LogP contribution >= 0.6 is 22.9 Å². The Kier molecular flexibility index (Phi) is 7.76. The zero-order chi connectivity index (χ0) is 26.9. The highest BCUT2D eigenvalue weighted by Crippen LogP contribution is 2.39. The lowest BCUT2D eigenvalue weighted by Crippen LogP contribution is -2.38. The van der Waals surface area contributed by atoms with E-state index in [-0.39, 0.29) is 23.4 Å². The average Bonchev–Trinajstić information content (AvgIpc) is 3.62. The lowest BCUT2D eigenvalue weighted by atomic mass is 9.96. The first-order valence-electron chi connectivity index (χ1n) is 12.3. The van der Waals surface area contributed by atoms with E-state index in [4.69, 9.17) is 20.8 Å². The van der Waals surface area contributed by atoms with Crippen molar-refractivity contribution in [3.8, 4) is 5.75 Å². The molecule has 0 radical (unpaired) electrons. The Balaban J connectivity index is 1.46. The van der Waals surface area contributed by atoms with Crippen LogP contribution in [0.5, 0.6) is 5.75 Å². The van der Waals surface area contributed by atoms with Crippen LogP contribution < -0.4 is 9.64 Å². The minimum Gasteiger partial charge on any atom is -0.494 e. The predicted octanol–water partition coefficient (Wildman–Crippen LogP) is 6.35. The summed E-state index contributed by atoms with van der Waals surface area (Å²) < 4.78 is 39.6. The zero-order valence-corrected chi connectivity index (χ0v) is 23.5. The van der Waals surface area contributed by atoms with E-state index < -0.39 is 10.0 Å². The van der Waals surface area contributed by atoms with Gasteiger partial charge in [-0.15, -0.1) is 0 Å². The van der Waals surface area contributed by atoms with Crippen LogP contribution in [0.1, 0.15) is 48.2 Å². The van der Waals surface area contributed by atoms with Gasteiger partial charge < -0.3 is 9.15 Å². The van der Waals surface area contributed by atoms with Crippen LogP contribution in [0, 0.1) is 0 Å². The number of thiazole rings is 1. The Hall–Kier alpha value is -2.92. The summed E-state index contributed by atoms with van der Waals surface area (Å²) in [5.41, 5.74) is 0.887. The second-order valence-electron chi connectivity index (χ2n) is 9.23. The van der Waals surface area contributed by atoms with Gasteiger partial charge in [0.05, 0.1) is 34.5 Å². The molecular weight excluding hydrogens is 546 g/mol. The van der Waals surface area contributed by atoms with Gasteiger partial charge in [0.2, 0.25) is 10.0 Å². The van der Waals surface area contributed by atoms with Gasteiger partial charge in [-0.1, -0.05) is 42.2 Å². The number of amides is 1. The smallest absolute Gasteiger partial charge is 0.260 e. The minimum absolute atomic E-state index is 0.00157. The number of fused-ring (bicyclic) bond motifs is 1. The van der Waals surface area contributed by atoms with Gasteiger partial charge in [-0.3, -0.25) is 9.69 Å². The number of halogens is 1. The van der Waals surface area contributed by atoms with E-state index in [9.17, 15) is 13.2 Å². The van der Waals surface area contributed by atoms with Gasteiger partial charge in [0, 0.05) is 18.7 Å². The molecule has 1 aliphatic rings. The Morgan fingerprint density at radius 3 is 2.53 bits per heavy atom. The van der Waals surface area contributed by atoms with Crippen molar-refractivity contribution in [3.63, 3.8) is 0 Å². The number of anilines is 1. The number of carbonyl (C=O) groups excluding carboxylic acids is 1. The molecule has 1 amide bonds. The molecule has 1 aliphatic carbocycles. The fourth-order valence-corrected chi connectivity index (χ4v) is 7.41. The van der Waals surface area contributed by atoms with Gasteiger partial charge in [0.1, 0.15) is 17.0 Å². The molecular formula is C27H28ClN3O5S2. The Morgan fingerprint density at radius 2 is 1.87 bits per heavy atom. The molecule has 38 heavy (non-hydrogen) atoms. The molecule has 1 fully saturated rings. The standard InChI is InChI=1S/C27H28ClN3O5S2/c1-30(19-7-4-3-5-8-19)38(33,34)21-12-10-18(11-13-21)26(32)31(17-20-9-6-16-36-20)27-29-24-23(35-2)15-14-22(28)25(24)37-27/h6,9-16,19H,3-5,7-8,17H2,1-2H3. The lowest BCUT2D eigenvalue weighted by Gasteiger charge is -2.30. The second kappa shape index (κ2) is 11.1. The molecule has 0 atom stereocenters. The summed E-state index contributed by atoms with van der Waals surface area (Å²) in [5.74, 6) is 0.776. The largest absolute Gasteiger partial charge is 0.494 e. The molecule has 0 saturated heterocycles. The highest BCUT2D eigenvalue weighted by atomic mass is 35.5. The topological polar surface area (TPSA) is 92.9 Å². The second-order valence-corrected chi connectivity index (χ2v) is 12.6. The van der Waals surface area contributed by atoms with Crippen LogP contribution in [0.2, 0.25) is 5.02 Å². The van der Waals surface area contributed by atoms with Crippen molar-refractivity contribution >= 4 is 54.2 Å². The van der Waals surface area contributed by atoms with Crippen LogP contribution in [-0.2, 0) is 16.6 Å². The number of aromatic nitrogens is 1. The van der Waals surface area contributed by atoms with Crippen LogP contribution in [0.25, 0.3) is 10.2 Å². The summed E-state index contributed by atoms with van der Waals surface area (Å²) >= 11 is 7.69. The number of nitrogens with zero attached hydrogens (tertiary/aromatic N) is 3. The first-order chi connectivity index (χ1) is 18.3. The van der Waals surface area contributed by atoms with Gasteiger partial charge in [0.25, 0.3) is 5.91 Å². The number of methoxy groups -OCH3 is 1. The van der Waals surface area contributed by atoms with E-state index in [0.717, 1.165) is 32.1 Å². The number of ether oxygens (including phenoxy) is 1.